The lowest BCUT2D eigenvalue weighted by Gasteiger charge is -2.20. The standard InChI is InChI=1S/C20H12O4/c21-17(22)10-13-6-3-7-14-18(13)20(24)16-9-12-5-2-1-4-11(12)8-15(16)19(14)23/h1-9H,10H2,(H,21,22). The molecule has 4 rings (SSSR count). The Morgan fingerprint density at radius 1 is 0.792 bits per heavy atom. The van der Waals surface area contributed by atoms with E-state index in [-0.39, 0.29) is 29.1 Å². The molecule has 0 amide bonds. The lowest BCUT2D eigenvalue weighted by Crippen LogP contribution is -2.23. The SMILES string of the molecule is O=C(O)Cc1cccc2c1C(=O)c1cc3ccccc3cc1C2=O. The smallest absolute Gasteiger partial charge is 0.307 e. The van der Waals surface area contributed by atoms with E-state index in [1.165, 1.54) is 0 Å². The number of carbonyl (C=O) groups is 3. The van der Waals surface area contributed by atoms with Gasteiger partial charge in [0, 0.05) is 22.3 Å². The van der Waals surface area contributed by atoms with Crippen LogP contribution in [0.5, 0.6) is 0 Å². The number of hydrogen-bond donors (Lipinski definition) is 1. The Hall–Kier alpha value is -3.27. The Bertz CT molecular complexity index is 1050. The summed E-state index contributed by atoms with van der Waals surface area (Å²) in [6.07, 6.45) is -0.287. The summed E-state index contributed by atoms with van der Waals surface area (Å²) in [5.74, 6) is -1.56. The van der Waals surface area contributed by atoms with Gasteiger partial charge in [0.05, 0.1) is 6.42 Å². The molecule has 1 aliphatic rings. The van der Waals surface area contributed by atoms with Gasteiger partial charge in [-0.25, -0.2) is 0 Å². The van der Waals surface area contributed by atoms with Crippen LogP contribution in [0.3, 0.4) is 0 Å². The number of rotatable bonds is 2. The maximum Gasteiger partial charge on any atom is 0.307 e. The average Bonchev–Trinajstić information content (AvgIpc) is 2.58. The molecule has 0 atom stereocenters. The molecule has 4 nitrogen and oxygen atoms in total. The van der Waals surface area contributed by atoms with Crippen molar-refractivity contribution in [1.29, 1.82) is 0 Å². The third-order valence-electron chi connectivity index (χ3n) is 4.34. The van der Waals surface area contributed by atoms with Crippen LogP contribution in [-0.4, -0.2) is 22.6 Å². The van der Waals surface area contributed by atoms with E-state index in [1.54, 1.807) is 30.3 Å². The summed E-state index contributed by atoms with van der Waals surface area (Å²) in [6.45, 7) is 0. The van der Waals surface area contributed by atoms with Gasteiger partial charge in [-0.2, -0.15) is 0 Å². The first kappa shape index (κ1) is 14.3. The first-order valence-corrected chi connectivity index (χ1v) is 7.52. The Kier molecular flexibility index (Phi) is 3.06. The predicted molar refractivity (Wildman–Crippen MR) is 88.6 cm³/mol. The number of ketones is 2. The third kappa shape index (κ3) is 2.04. The summed E-state index contributed by atoms with van der Waals surface area (Å²) in [4.78, 5) is 36.9. The van der Waals surface area contributed by atoms with Crippen LogP contribution in [-0.2, 0) is 11.2 Å². The van der Waals surface area contributed by atoms with E-state index in [4.69, 9.17) is 5.11 Å². The highest BCUT2D eigenvalue weighted by atomic mass is 16.4. The molecular formula is C20H12O4. The highest BCUT2D eigenvalue weighted by molar-refractivity contribution is 6.30. The second kappa shape index (κ2) is 5.13. The molecule has 24 heavy (non-hydrogen) atoms. The minimum atomic E-state index is -1.03. The number of benzene rings is 3. The summed E-state index contributed by atoms with van der Waals surface area (Å²) in [7, 11) is 0. The van der Waals surface area contributed by atoms with E-state index in [1.807, 2.05) is 24.3 Å². The molecule has 0 spiro atoms. The van der Waals surface area contributed by atoms with Gasteiger partial charge in [0.15, 0.2) is 11.6 Å². The zero-order chi connectivity index (χ0) is 16.8. The van der Waals surface area contributed by atoms with Crippen molar-refractivity contribution in [2.75, 3.05) is 0 Å². The summed E-state index contributed by atoms with van der Waals surface area (Å²) in [6, 6.07) is 15.8. The highest BCUT2D eigenvalue weighted by Gasteiger charge is 2.32. The molecule has 0 radical (unpaired) electrons. The maximum atomic E-state index is 13.0. The normalized spacial score (nSPS) is 12.8. The van der Waals surface area contributed by atoms with Crippen LogP contribution in [0.4, 0.5) is 0 Å². The van der Waals surface area contributed by atoms with Gasteiger partial charge in [0.1, 0.15) is 0 Å². The fourth-order valence-corrected chi connectivity index (χ4v) is 3.26. The number of carboxylic acids is 1. The van der Waals surface area contributed by atoms with Crippen molar-refractivity contribution >= 4 is 28.3 Å². The van der Waals surface area contributed by atoms with Crippen LogP contribution in [0.15, 0.2) is 54.6 Å². The molecule has 3 aromatic carbocycles. The molecule has 0 aromatic heterocycles. The van der Waals surface area contributed by atoms with Gasteiger partial charge in [0.2, 0.25) is 0 Å². The van der Waals surface area contributed by atoms with Gasteiger partial charge in [-0.3, -0.25) is 14.4 Å². The van der Waals surface area contributed by atoms with Crippen molar-refractivity contribution in [3.05, 3.63) is 82.4 Å². The van der Waals surface area contributed by atoms with E-state index in [0.29, 0.717) is 16.7 Å². The van der Waals surface area contributed by atoms with E-state index in [2.05, 4.69) is 0 Å². The van der Waals surface area contributed by atoms with E-state index in [9.17, 15) is 14.4 Å². The molecule has 116 valence electrons. The largest absolute Gasteiger partial charge is 0.481 e. The molecule has 0 bridgehead atoms. The number of hydrogen-bond acceptors (Lipinski definition) is 3. The van der Waals surface area contributed by atoms with E-state index >= 15 is 0 Å². The minimum absolute atomic E-state index is 0.215. The monoisotopic (exact) mass is 316 g/mol. The Morgan fingerprint density at radius 3 is 2.04 bits per heavy atom. The van der Waals surface area contributed by atoms with Gasteiger partial charge >= 0.3 is 5.97 Å². The van der Waals surface area contributed by atoms with Gasteiger partial charge in [-0.15, -0.1) is 0 Å². The van der Waals surface area contributed by atoms with Gasteiger partial charge in [-0.1, -0.05) is 42.5 Å². The molecule has 0 saturated heterocycles. The quantitative estimate of drug-likeness (QED) is 0.616. The molecule has 3 aromatic rings. The van der Waals surface area contributed by atoms with Crippen LogP contribution >= 0.6 is 0 Å². The van der Waals surface area contributed by atoms with Crippen molar-refractivity contribution in [2.45, 2.75) is 6.42 Å². The Morgan fingerprint density at radius 2 is 1.42 bits per heavy atom. The van der Waals surface area contributed by atoms with Crippen LogP contribution in [0.25, 0.3) is 10.8 Å². The molecule has 0 unspecified atom stereocenters. The second-order valence-corrected chi connectivity index (χ2v) is 5.81. The predicted octanol–water partition coefficient (Wildman–Crippen LogP) is 3.24. The van der Waals surface area contributed by atoms with Crippen molar-refractivity contribution in [2.24, 2.45) is 0 Å². The Labute approximate surface area is 137 Å². The topological polar surface area (TPSA) is 71.4 Å². The summed E-state index contributed by atoms with van der Waals surface area (Å²) in [5.41, 5.74) is 1.58. The lowest BCUT2D eigenvalue weighted by atomic mass is 9.80. The average molecular weight is 316 g/mol. The summed E-state index contributed by atoms with van der Waals surface area (Å²) >= 11 is 0. The van der Waals surface area contributed by atoms with Crippen LogP contribution in [0.2, 0.25) is 0 Å². The fraction of sp³-hybridized carbons (Fsp3) is 0.0500. The van der Waals surface area contributed by atoms with Crippen molar-refractivity contribution < 1.29 is 19.5 Å². The molecule has 4 heteroatoms. The van der Waals surface area contributed by atoms with Crippen LogP contribution < -0.4 is 0 Å². The second-order valence-electron chi connectivity index (χ2n) is 5.81. The van der Waals surface area contributed by atoms with Gasteiger partial charge in [-0.05, 0) is 28.5 Å². The Balaban J connectivity index is 1.99. The number of fused-ring (bicyclic) bond motifs is 3. The maximum absolute atomic E-state index is 13.0. The van der Waals surface area contributed by atoms with E-state index < -0.39 is 5.97 Å². The molecule has 0 saturated carbocycles. The zero-order valence-electron chi connectivity index (χ0n) is 12.6. The number of carboxylic acid groups (broad SMARTS) is 1. The highest BCUT2D eigenvalue weighted by Crippen LogP contribution is 2.32. The molecule has 0 fully saturated rings. The zero-order valence-corrected chi connectivity index (χ0v) is 12.6. The third-order valence-corrected chi connectivity index (χ3v) is 4.34. The van der Waals surface area contributed by atoms with E-state index in [0.717, 1.165) is 10.8 Å². The van der Waals surface area contributed by atoms with Crippen molar-refractivity contribution in [1.82, 2.24) is 0 Å². The summed E-state index contributed by atoms with van der Waals surface area (Å²) in [5, 5.41) is 10.8. The van der Waals surface area contributed by atoms with Crippen LogP contribution in [0, 0.1) is 0 Å². The molecule has 0 heterocycles. The number of aliphatic carboxylic acids is 1. The molecule has 0 aliphatic heterocycles. The first-order valence-electron chi connectivity index (χ1n) is 7.52. The molecule has 1 aliphatic carbocycles. The molecule has 1 N–H and O–H groups in total. The number of carbonyl (C=O) groups excluding carboxylic acids is 2. The van der Waals surface area contributed by atoms with Crippen LogP contribution in [0.1, 0.15) is 37.4 Å². The fourth-order valence-electron chi connectivity index (χ4n) is 3.26. The first-order chi connectivity index (χ1) is 11.6. The summed E-state index contributed by atoms with van der Waals surface area (Å²) < 4.78 is 0. The minimum Gasteiger partial charge on any atom is -0.481 e. The van der Waals surface area contributed by atoms with Crippen molar-refractivity contribution in [3.8, 4) is 0 Å². The van der Waals surface area contributed by atoms with Gasteiger partial charge < -0.3 is 5.11 Å². The molecular weight excluding hydrogens is 304 g/mol. The van der Waals surface area contributed by atoms with Gasteiger partial charge in [0.25, 0.3) is 0 Å². The lowest BCUT2D eigenvalue weighted by molar-refractivity contribution is -0.136. The van der Waals surface area contributed by atoms with Crippen molar-refractivity contribution in [3.63, 3.8) is 0 Å².